The highest BCUT2D eigenvalue weighted by atomic mass is 32.2. The molecule has 2 aromatic rings. The van der Waals surface area contributed by atoms with E-state index in [1.807, 2.05) is 38.1 Å². The van der Waals surface area contributed by atoms with Crippen LogP contribution in [0.1, 0.15) is 36.5 Å². The third kappa shape index (κ3) is 4.94. The van der Waals surface area contributed by atoms with Crippen molar-refractivity contribution >= 4 is 27.3 Å². The molecule has 0 spiro atoms. The third-order valence-corrected chi connectivity index (χ3v) is 6.97. The summed E-state index contributed by atoms with van der Waals surface area (Å²) in [6.45, 7) is 3.28. The van der Waals surface area contributed by atoms with Crippen LogP contribution in [-0.4, -0.2) is 52.4 Å². The predicted octanol–water partition coefficient (Wildman–Crippen LogP) is 3.58. The number of benzene rings is 2. The molecule has 0 atom stereocenters. The van der Waals surface area contributed by atoms with Crippen molar-refractivity contribution < 1.29 is 17.9 Å². The van der Waals surface area contributed by atoms with E-state index in [0.717, 1.165) is 24.9 Å². The summed E-state index contributed by atoms with van der Waals surface area (Å²) in [6, 6.07) is 11.9. The SMILES string of the molecule is CCOc1ccc(S(=O)(=O)N2CCCCC2)cc1NC(=O)c1cccc(N(C)C)c1. The molecule has 2 aromatic carbocycles. The second kappa shape index (κ2) is 9.49. The molecule has 3 rings (SSSR count). The van der Waals surface area contributed by atoms with Gasteiger partial charge in [0.25, 0.3) is 5.91 Å². The van der Waals surface area contributed by atoms with E-state index in [4.69, 9.17) is 4.74 Å². The van der Waals surface area contributed by atoms with E-state index in [1.165, 1.54) is 16.4 Å². The summed E-state index contributed by atoms with van der Waals surface area (Å²) in [6.07, 6.45) is 2.77. The van der Waals surface area contributed by atoms with Crippen LogP contribution in [0.5, 0.6) is 5.75 Å². The average molecular weight is 432 g/mol. The van der Waals surface area contributed by atoms with Crippen LogP contribution >= 0.6 is 0 Å². The molecule has 1 heterocycles. The molecule has 0 saturated carbocycles. The summed E-state index contributed by atoms with van der Waals surface area (Å²) >= 11 is 0. The normalized spacial score (nSPS) is 14.9. The van der Waals surface area contributed by atoms with E-state index < -0.39 is 10.0 Å². The largest absolute Gasteiger partial charge is 0.492 e. The minimum absolute atomic E-state index is 0.158. The summed E-state index contributed by atoms with van der Waals surface area (Å²) in [7, 11) is 0.189. The Hall–Kier alpha value is -2.58. The van der Waals surface area contributed by atoms with Gasteiger partial charge in [-0.2, -0.15) is 4.31 Å². The third-order valence-electron chi connectivity index (χ3n) is 5.08. The monoisotopic (exact) mass is 431 g/mol. The molecular formula is C22H29N3O4S. The zero-order valence-electron chi connectivity index (χ0n) is 17.7. The number of carbonyl (C=O) groups is 1. The molecule has 1 aliphatic rings. The quantitative estimate of drug-likeness (QED) is 0.725. The van der Waals surface area contributed by atoms with Gasteiger partial charge in [0.2, 0.25) is 10.0 Å². The molecule has 0 aromatic heterocycles. The molecule has 1 aliphatic heterocycles. The molecular weight excluding hydrogens is 402 g/mol. The first-order valence-electron chi connectivity index (χ1n) is 10.2. The molecule has 0 radical (unpaired) electrons. The van der Waals surface area contributed by atoms with Gasteiger partial charge in [-0.1, -0.05) is 12.5 Å². The van der Waals surface area contributed by atoms with Crippen molar-refractivity contribution in [3.8, 4) is 5.75 Å². The van der Waals surface area contributed by atoms with Gasteiger partial charge in [0, 0.05) is 38.4 Å². The maximum Gasteiger partial charge on any atom is 0.255 e. The molecule has 8 heteroatoms. The number of hydrogen-bond donors (Lipinski definition) is 1. The van der Waals surface area contributed by atoms with Crippen LogP contribution in [0.3, 0.4) is 0 Å². The van der Waals surface area contributed by atoms with Gasteiger partial charge in [0.05, 0.1) is 17.2 Å². The first-order valence-corrected chi connectivity index (χ1v) is 11.6. The van der Waals surface area contributed by atoms with E-state index in [0.29, 0.717) is 36.7 Å². The molecule has 1 saturated heterocycles. The molecule has 162 valence electrons. The van der Waals surface area contributed by atoms with Crippen molar-refractivity contribution in [1.29, 1.82) is 0 Å². The molecule has 0 bridgehead atoms. The number of ether oxygens (including phenoxy) is 1. The van der Waals surface area contributed by atoms with Crippen molar-refractivity contribution in [2.24, 2.45) is 0 Å². The van der Waals surface area contributed by atoms with E-state index in [-0.39, 0.29) is 10.8 Å². The maximum absolute atomic E-state index is 13.1. The molecule has 7 nitrogen and oxygen atoms in total. The van der Waals surface area contributed by atoms with Gasteiger partial charge in [-0.3, -0.25) is 4.79 Å². The Kier molecular flexibility index (Phi) is 6.99. The Labute approximate surface area is 178 Å². The second-order valence-electron chi connectivity index (χ2n) is 7.45. The van der Waals surface area contributed by atoms with Gasteiger partial charge in [-0.25, -0.2) is 8.42 Å². The number of sulfonamides is 1. The minimum atomic E-state index is -3.61. The fourth-order valence-corrected chi connectivity index (χ4v) is 4.97. The average Bonchev–Trinajstić information content (AvgIpc) is 2.75. The van der Waals surface area contributed by atoms with Crippen LogP contribution in [0.25, 0.3) is 0 Å². The van der Waals surface area contributed by atoms with Gasteiger partial charge in [-0.05, 0) is 56.2 Å². The number of nitrogens with zero attached hydrogens (tertiary/aromatic N) is 2. The lowest BCUT2D eigenvalue weighted by atomic mass is 10.1. The van der Waals surface area contributed by atoms with E-state index in [9.17, 15) is 13.2 Å². The molecule has 30 heavy (non-hydrogen) atoms. The summed E-state index contributed by atoms with van der Waals surface area (Å²) in [4.78, 5) is 14.9. The molecule has 1 fully saturated rings. The number of rotatable bonds is 7. The highest BCUT2D eigenvalue weighted by Crippen LogP contribution is 2.31. The number of nitrogens with one attached hydrogen (secondary N) is 1. The number of piperidine rings is 1. The summed E-state index contributed by atoms with van der Waals surface area (Å²) < 4.78 is 33.2. The van der Waals surface area contributed by atoms with Gasteiger partial charge >= 0.3 is 0 Å². The van der Waals surface area contributed by atoms with Crippen molar-refractivity contribution in [3.05, 3.63) is 48.0 Å². The lowest BCUT2D eigenvalue weighted by Gasteiger charge is -2.26. The van der Waals surface area contributed by atoms with Crippen LogP contribution in [0, 0.1) is 0 Å². The Balaban J connectivity index is 1.91. The fourth-order valence-electron chi connectivity index (χ4n) is 3.42. The van der Waals surface area contributed by atoms with Gasteiger partial charge in [0.1, 0.15) is 5.75 Å². The van der Waals surface area contributed by atoms with Crippen LogP contribution in [-0.2, 0) is 10.0 Å². The molecule has 0 unspecified atom stereocenters. The van der Waals surface area contributed by atoms with Crippen molar-refractivity contribution in [2.75, 3.05) is 44.0 Å². The smallest absolute Gasteiger partial charge is 0.255 e. The summed E-state index contributed by atoms with van der Waals surface area (Å²) in [5, 5.41) is 2.83. The van der Waals surface area contributed by atoms with E-state index >= 15 is 0 Å². The van der Waals surface area contributed by atoms with Crippen molar-refractivity contribution in [1.82, 2.24) is 4.31 Å². The van der Waals surface area contributed by atoms with Crippen LogP contribution in [0.2, 0.25) is 0 Å². The highest BCUT2D eigenvalue weighted by molar-refractivity contribution is 7.89. The first kappa shape index (κ1) is 22.1. The summed E-state index contributed by atoms with van der Waals surface area (Å²) in [5.74, 6) is 0.111. The van der Waals surface area contributed by atoms with Gasteiger partial charge in [0.15, 0.2) is 0 Å². The Morgan fingerprint density at radius 3 is 2.50 bits per heavy atom. The minimum Gasteiger partial charge on any atom is -0.492 e. The fraction of sp³-hybridized carbons (Fsp3) is 0.409. The first-order chi connectivity index (χ1) is 14.3. The molecule has 1 N–H and O–H groups in total. The lowest BCUT2D eigenvalue weighted by Crippen LogP contribution is -2.35. The van der Waals surface area contributed by atoms with Crippen molar-refractivity contribution in [2.45, 2.75) is 31.1 Å². The molecule has 0 aliphatic carbocycles. The topological polar surface area (TPSA) is 79.0 Å². The zero-order chi connectivity index (χ0) is 21.7. The second-order valence-corrected chi connectivity index (χ2v) is 9.39. The van der Waals surface area contributed by atoms with Gasteiger partial charge < -0.3 is 15.0 Å². The van der Waals surface area contributed by atoms with Gasteiger partial charge in [-0.15, -0.1) is 0 Å². The predicted molar refractivity (Wildman–Crippen MR) is 119 cm³/mol. The highest BCUT2D eigenvalue weighted by Gasteiger charge is 2.27. The number of amides is 1. The number of anilines is 2. The lowest BCUT2D eigenvalue weighted by molar-refractivity contribution is 0.102. The van der Waals surface area contributed by atoms with Crippen molar-refractivity contribution in [3.63, 3.8) is 0 Å². The summed E-state index contributed by atoms with van der Waals surface area (Å²) in [5.41, 5.74) is 1.72. The Bertz CT molecular complexity index is 999. The Morgan fingerprint density at radius 2 is 1.83 bits per heavy atom. The van der Waals surface area contributed by atoms with Crippen LogP contribution in [0.4, 0.5) is 11.4 Å². The zero-order valence-corrected chi connectivity index (χ0v) is 18.5. The van der Waals surface area contributed by atoms with E-state index in [2.05, 4.69) is 5.32 Å². The number of carbonyl (C=O) groups excluding carboxylic acids is 1. The van der Waals surface area contributed by atoms with Crippen LogP contribution in [0.15, 0.2) is 47.4 Å². The van der Waals surface area contributed by atoms with E-state index in [1.54, 1.807) is 18.2 Å². The standard InChI is InChI=1S/C22H29N3O4S/c1-4-29-21-12-11-19(30(27,28)25-13-6-5-7-14-25)16-20(21)23-22(26)17-9-8-10-18(15-17)24(2)3/h8-12,15-16H,4-7,13-14H2,1-3H3,(H,23,26). The molecule has 1 amide bonds. The maximum atomic E-state index is 13.1. The Morgan fingerprint density at radius 1 is 1.10 bits per heavy atom. The number of hydrogen-bond acceptors (Lipinski definition) is 5. The van der Waals surface area contributed by atoms with Crippen LogP contribution < -0.4 is 15.0 Å².